The predicted octanol–water partition coefficient (Wildman–Crippen LogP) is 0.982. The molecule has 0 saturated carbocycles. The third kappa shape index (κ3) is 1.51. The minimum Gasteiger partial charge on any atom is -0.479 e. The summed E-state index contributed by atoms with van der Waals surface area (Å²) in [5, 5.41) is 9.24. The van der Waals surface area contributed by atoms with Crippen LogP contribution in [-0.4, -0.2) is 34.8 Å². The molecule has 1 heterocycles. The van der Waals surface area contributed by atoms with Crippen molar-refractivity contribution in [3.05, 3.63) is 0 Å². The van der Waals surface area contributed by atoms with Gasteiger partial charge in [0, 0.05) is 18.1 Å². The standard InChI is InChI=1S/C7H12O3S/c1-5-3-7(10-2,4-11-5)6(8)9/h5H,3-4H2,1-2H3,(H,8,9). The van der Waals surface area contributed by atoms with Gasteiger partial charge in [-0.15, -0.1) is 0 Å². The summed E-state index contributed by atoms with van der Waals surface area (Å²) in [4.78, 5) is 10.8. The monoisotopic (exact) mass is 176 g/mol. The number of carboxylic acids is 1. The third-order valence-electron chi connectivity index (χ3n) is 2.00. The minimum absolute atomic E-state index is 0.394. The Morgan fingerprint density at radius 3 is 2.64 bits per heavy atom. The number of hydrogen-bond acceptors (Lipinski definition) is 3. The normalized spacial score (nSPS) is 37.5. The van der Waals surface area contributed by atoms with Gasteiger partial charge in [0.15, 0.2) is 5.60 Å². The van der Waals surface area contributed by atoms with Gasteiger partial charge in [0.2, 0.25) is 0 Å². The largest absolute Gasteiger partial charge is 0.479 e. The van der Waals surface area contributed by atoms with Gasteiger partial charge in [-0.3, -0.25) is 0 Å². The van der Waals surface area contributed by atoms with E-state index in [9.17, 15) is 4.79 Å². The molecule has 1 rings (SSSR count). The lowest BCUT2D eigenvalue weighted by Crippen LogP contribution is -2.40. The van der Waals surface area contributed by atoms with Gasteiger partial charge in [-0.2, -0.15) is 11.8 Å². The molecular weight excluding hydrogens is 164 g/mol. The van der Waals surface area contributed by atoms with E-state index in [1.54, 1.807) is 11.8 Å². The maximum Gasteiger partial charge on any atom is 0.336 e. The second kappa shape index (κ2) is 3.03. The average molecular weight is 176 g/mol. The van der Waals surface area contributed by atoms with Crippen molar-refractivity contribution >= 4 is 17.7 Å². The van der Waals surface area contributed by atoms with E-state index in [4.69, 9.17) is 9.84 Å². The quantitative estimate of drug-likeness (QED) is 0.681. The van der Waals surface area contributed by atoms with Crippen LogP contribution in [0.4, 0.5) is 0 Å². The van der Waals surface area contributed by atoms with Crippen LogP contribution in [0.3, 0.4) is 0 Å². The summed E-state index contributed by atoms with van der Waals surface area (Å²) in [5.74, 6) is -0.267. The summed E-state index contributed by atoms with van der Waals surface area (Å²) in [5.41, 5.74) is -0.913. The summed E-state index contributed by atoms with van der Waals surface area (Å²) in [6.07, 6.45) is 0.615. The Kier molecular flexibility index (Phi) is 2.44. The van der Waals surface area contributed by atoms with Crippen LogP contribution in [0, 0.1) is 0 Å². The molecule has 0 aromatic heterocycles. The van der Waals surface area contributed by atoms with E-state index < -0.39 is 11.6 Å². The summed E-state index contributed by atoms with van der Waals surface area (Å²) in [6, 6.07) is 0. The Morgan fingerprint density at radius 2 is 2.45 bits per heavy atom. The van der Waals surface area contributed by atoms with Crippen LogP contribution < -0.4 is 0 Å². The molecule has 64 valence electrons. The van der Waals surface area contributed by atoms with Crippen LogP contribution in [0.25, 0.3) is 0 Å². The van der Waals surface area contributed by atoms with Crippen LogP contribution in [0.5, 0.6) is 0 Å². The minimum atomic E-state index is -0.913. The summed E-state index contributed by atoms with van der Waals surface area (Å²) in [7, 11) is 1.46. The van der Waals surface area contributed by atoms with Crippen LogP contribution in [0.2, 0.25) is 0 Å². The first-order chi connectivity index (χ1) is 5.10. The Bertz CT molecular complexity index is 171. The number of rotatable bonds is 2. The van der Waals surface area contributed by atoms with Crippen LogP contribution >= 0.6 is 11.8 Å². The van der Waals surface area contributed by atoms with Crippen LogP contribution in [-0.2, 0) is 9.53 Å². The smallest absolute Gasteiger partial charge is 0.336 e. The van der Waals surface area contributed by atoms with Crippen molar-refractivity contribution in [3.63, 3.8) is 0 Å². The molecule has 3 nitrogen and oxygen atoms in total. The predicted molar refractivity (Wildman–Crippen MR) is 43.9 cm³/mol. The molecule has 1 aliphatic rings. The lowest BCUT2D eigenvalue weighted by Gasteiger charge is -2.20. The van der Waals surface area contributed by atoms with E-state index in [0.717, 1.165) is 0 Å². The van der Waals surface area contributed by atoms with E-state index >= 15 is 0 Å². The Balaban J connectivity index is 2.70. The first kappa shape index (κ1) is 8.87. The van der Waals surface area contributed by atoms with Crippen molar-refractivity contribution in [2.24, 2.45) is 0 Å². The van der Waals surface area contributed by atoms with E-state index in [0.29, 0.717) is 17.4 Å². The molecule has 1 aliphatic heterocycles. The molecule has 2 unspecified atom stereocenters. The molecule has 0 aromatic carbocycles. The molecule has 4 heteroatoms. The highest BCUT2D eigenvalue weighted by atomic mass is 32.2. The molecule has 1 N–H and O–H groups in total. The second-order valence-electron chi connectivity index (χ2n) is 2.83. The second-order valence-corrected chi connectivity index (χ2v) is 4.26. The van der Waals surface area contributed by atoms with Gasteiger partial charge >= 0.3 is 5.97 Å². The number of ether oxygens (including phenoxy) is 1. The average Bonchev–Trinajstić information content (AvgIpc) is 2.33. The Morgan fingerprint density at radius 1 is 1.82 bits per heavy atom. The summed E-state index contributed by atoms with van der Waals surface area (Å²) < 4.78 is 5.01. The zero-order valence-corrected chi connectivity index (χ0v) is 7.48. The van der Waals surface area contributed by atoms with Crippen LogP contribution in [0.1, 0.15) is 13.3 Å². The SMILES string of the molecule is COC1(C(=O)O)CSC(C)C1. The summed E-state index contributed by atoms with van der Waals surface area (Å²) >= 11 is 1.65. The van der Waals surface area contributed by atoms with Gasteiger partial charge in [-0.25, -0.2) is 4.79 Å². The van der Waals surface area contributed by atoms with Gasteiger partial charge in [-0.1, -0.05) is 6.92 Å². The molecule has 0 amide bonds. The van der Waals surface area contributed by atoms with E-state index in [2.05, 4.69) is 0 Å². The molecule has 11 heavy (non-hydrogen) atoms. The van der Waals surface area contributed by atoms with Gasteiger partial charge in [0.1, 0.15) is 0 Å². The van der Waals surface area contributed by atoms with Gasteiger partial charge < -0.3 is 9.84 Å². The number of carboxylic acid groups (broad SMARTS) is 1. The van der Waals surface area contributed by atoms with E-state index in [1.807, 2.05) is 6.92 Å². The van der Waals surface area contributed by atoms with Crippen molar-refractivity contribution < 1.29 is 14.6 Å². The first-order valence-electron chi connectivity index (χ1n) is 3.51. The number of methoxy groups -OCH3 is 1. The Labute approximate surface area is 70.1 Å². The van der Waals surface area contributed by atoms with Gasteiger partial charge in [0.05, 0.1) is 0 Å². The number of carbonyl (C=O) groups is 1. The summed E-state index contributed by atoms with van der Waals surface area (Å²) in [6.45, 7) is 2.02. The highest BCUT2D eigenvalue weighted by Gasteiger charge is 2.45. The number of aliphatic carboxylic acids is 1. The topological polar surface area (TPSA) is 46.5 Å². The first-order valence-corrected chi connectivity index (χ1v) is 4.56. The Hall–Kier alpha value is -0.220. The van der Waals surface area contributed by atoms with Crippen molar-refractivity contribution in [1.82, 2.24) is 0 Å². The molecule has 1 saturated heterocycles. The van der Waals surface area contributed by atoms with E-state index in [-0.39, 0.29) is 0 Å². The lowest BCUT2D eigenvalue weighted by molar-refractivity contribution is -0.159. The van der Waals surface area contributed by atoms with Crippen molar-refractivity contribution in [2.75, 3.05) is 12.9 Å². The molecule has 2 atom stereocenters. The fraction of sp³-hybridized carbons (Fsp3) is 0.857. The zero-order chi connectivity index (χ0) is 8.48. The third-order valence-corrected chi connectivity index (χ3v) is 3.37. The number of thioether (sulfide) groups is 1. The van der Waals surface area contributed by atoms with Gasteiger partial charge in [0.25, 0.3) is 0 Å². The molecule has 0 bridgehead atoms. The maximum absolute atomic E-state index is 10.8. The highest BCUT2D eigenvalue weighted by Crippen LogP contribution is 2.36. The molecule has 0 spiro atoms. The van der Waals surface area contributed by atoms with Gasteiger partial charge in [-0.05, 0) is 6.42 Å². The fourth-order valence-corrected chi connectivity index (χ4v) is 2.54. The molecule has 0 radical (unpaired) electrons. The molecule has 1 fully saturated rings. The molecule has 0 aliphatic carbocycles. The molecule has 0 aromatic rings. The maximum atomic E-state index is 10.8. The number of hydrogen-bond donors (Lipinski definition) is 1. The molecular formula is C7H12O3S. The van der Waals surface area contributed by atoms with Crippen molar-refractivity contribution in [2.45, 2.75) is 24.2 Å². The van der Waals surface area contributed by atoms with Crippen molar-refractivity contribution in [1.29, 1.82) is 0 Å². The lowest BCUT2D eigenvalue weighted by atomic mass is 10.0. The van der Waals surface area contributed by atoms with Crippen LogP contribution in [0.15, 0.2) is 0 Å². The zero-order valence-electron chi connectivity index (χ0n) is 6.66. The van der Waals surface area contributed by atoms with Crippen molar-refractivity contribution in [3.8, 4) is 0 Å². The fourth-order valence-electron chi connectivity index (χ4n) is 1.24. The highest BCUT2D eigenvalue weighted by molar-refractivity contribution is 8.00. The van der Waals surface area contributed by atoms with E-state index in [1.165, 1.54) is 7.11 Å².